The largest absolute Gasteiger partial charge is 0.393 e. The van der Waals surface area contributed by atoms with Crippen LogP contribution in [0.15, 0.2) is 23.8 Å². The fourth-order valence-electron chi connectivity index (χ4n) is 6.91. The van der Waals surface area contributed by atoms with Gasteiger partial charge >= 0.3 is 0 Å². The van der Waals surface area contributed by atoms with Gasteiger partial charge < -0.3 is 5.11 Å². The molecule has 4 aliphatic carbocycles. The van der Waals surface area contributed by atoms with Crippen molar-refractivity contribution >= 4 is 0 Å². The topological polar surface area (TPSA) is 20.2 Å². The highest BCUT2D eigenvalue weighted by molar-refractivity contribution is 5.25. The second-order valence-electron chi connectivity index (χ2n) is 8.98. The Morgan fingerprint density at radius 3 is 2.68 bits per heavy atom. The maximum absolute atomic E-state index is 10.1. The lowest BCUT2D eigenvalue weighted by molar-refractivity contribution is -0.00941. The molecular weight excluding hydrogens is 268 g/mol. The zero-order valence-electron chi connectivity index (χ0n) is 14.4. The zero-order valence-corrected chi connectivity index (χ0v) is 14.4. The Labute approximate surface area is 135 Å². The number of aliphatic hydroxyl groups is 1. The molecule has 1 N–H and O–H groups in total. The molecule has 0 aliphatic heterocycles. The molecule has 0 radical (unpaired) electrons. The van der Waals surface area contributed by atoms with Crippen molar-refractivity contribution in [1.29, 1.82) is 0 Å². The first-order valence-electron chi connectivity index (χ1n) is 9.53. The van der Waals surface area contributed by atoms with Crippen molar-refractivity contribution in [3.8, 4) is 0 Å². The maximum Gasteiger partial charge on any atom is 0.0577 e. The van der Waals surface area contributed by atoms with Gasteiger partial charge in [0.15, 0.2) is 0 Å². The Kier molecular flexibility index (Phi) is 3.56. The molecule has 0 aromatic rings. The number of hydrogen-bond donors (Lipinski definition) is 1. The summed E-state index contributed by atoms with van der Waals surface area (Å²) >= 11 is 0. The standard InChI is InChI=1S/C21H32O/c1-13(2)16-6-7-18-17(16)8-9-20-19(18)5-4-14-12-15(22)10-11-21(14,20)3/h4,15-20,22H,1,5-12H2,2-3H3/t15-,16+,17+,18+,19-,20-,21-/m0/s1. The Bertz CT molecular complexity index is 504. The van der Waals surface area contributed by atoms with E-state index in [0.717, 1.165) is 42.4 Å². The van der Waals surface area contributed by atoms with E-state index < -0.39 is 0 Å². The third-order valence-corrected chi connectivity index (χ3v) is 8.03. The SMILES string of the molecule is C=C(C)[C@H]1CC[C@@H]2[C@@H]1CC[C@H]1[C@H]2CC=C2C[C@@H](O)CC[C@@]21C. The van der Waals surface area contributed by atoms with Gasteiger partial charge in [-0.25, -0.2) is 0 Å². The van der Waals surface area contributed by atoms with Crippen LogP contribution in [0.4, 0.5) is 0 Å². The van der Waals surface area contributed by atoms with Gasteiger partial charge in [0.05, 0.1) is 6.10 Å². The highest BCUT2D eigenvalue weighted by atomic mass is 16.3. The molecule has 0 aromatic heterocycles. The van der Waals surface area contributed by atoms with E-state index in [0.29, 0.717) is 5.41 Å². The van der Waals surface area contributed by atoms with Crippen LogP contribution in [0.25, 0.3) is 0 Å². The molecule has 0 unspecified atom stereocenters. The smallest absolute Gasteiger partial charge is 0.0577 e. The average molecular weight is 300 g/mol. The van der Waals surface area contributed by atoms with Crippen molar-refractivity contribution in [3.63, 3.8) is 0 Å². The molecule has 0 heterocycles. The Hall–Kier alpha value is -0.560. The zero-order chi connectivity index (χ0) is 15.5. The van der Waals surface area contributed by atoms with Crippen LogP contribution in [0.1, 0.15) is 65.2 Å². The van der Waals surface area contributed by atoms with Crippen molar-refractivity contribution in [2.24, 2.45) is 35.0 Å². The van der Waals surface area contributed by atoms with E-state index in [9.17, 15) is 5.11 Å². The molecule has 4 rings (SSSR count). The molecule has 3 fully saturated rings. The molecular formula is C21H32O. The molecule has 0 saturated heterocycles. The maximum atomic E-state index is 10.1. The van der Waals surface area contributed by atoms with Gasteiger partial charge in [-0.1, -0.05) is 30.7 Å². The molecule has 3 saturated carbocycles. The van der Waals surface area contributed by atoms with Crippen LogP contribution in [0, 0.1) is 35.0 Å². The van der Waals surface area contributed by atoms with Crippen LogP contribution in [-0.2, 0) is 0 Å². The van der Waals surface area contributed by atoms with Crippen LogP contribution < -0.4 is 0 Å². The van der Waals surface area contributed by atoms with Crippen LogP contribution in [0.5, 0.6) is 0 Å². The van der Waals surface area contributed by atoms with Crippen molar-refractivity contribution in [2.45, 2.75) is 71.3 Å². The molecule has 0 bridgehead atoms. The summed E-state index contributed by atoms with van der Waals surface area (Å²) in [4.78, 5) is 0. The summed E-state index contributed by atoms with van der Waals surface area (Å²) in [5.74, 6) is 4.46. The predicted octanol–water partition coefficient (Wildman–Crippen LogP) is 5.11. The van der Waals surface area contributed by atoms with Crippen molar-refractivity contribution < 1.29 is 5.11 Å². The summed E-state index contributed by atoms with van der Waals surface area (Å²) in [6.45, 7) is 9.05. The van der Waals surface area contributed by atoms with Gasteiger partial charge in [-0.3, -0.25) is 0 Å². The lowest BCUT2D eigenvalue weighted by Crippen LogP contribution is -2.47. The van der Waals surface area contributed by atoms with E-state index >= 15 is 0 Å². The molecule has 122 valence electrons. The molecule has 1 nitrogen and oxygen atoms in total. The number of hydrogen-bond acceptors (Lipinski definition) is 1. The predicted molar refractivity (Wildman–Crippen MR) is 91.4 cm³/mol. The van der Waals surface area contributed by atoms with Gasteiger partial charge in [0.1, 0.15) is 0 Å². The van der Waals surface area contributed by atoms with E-state index in [1.54, 1.807) is 5.57 Å². The molecule has 22 heavy (non-hydrogen) atoms. The highest BCUT2D eigenvalue weighted by Crippen LogP contribution is 2.62. The van der Waals surface area contributed by atoms with Gasteiger partial charge in [0.25, 0.3) is 0 Å². The normalized spacial score (nSPS) is 50.6. The summed E-state index contributed by atoms with van der Waals surface area (Å²) in [5, 5.41) is 10.1. The average Bonchev–Trinajstić information content (AvgIpc) is 2.92. The quantitative estimate of drug-likeness (QED) is 0.667. The molecule has 0 spiro atoms. The van der Waals surface area contributed by atoms with Crippen LogP contribution >= 0.6 is 0 Å². The van der Waals surface area contributed by atoms with Gasteiger partial charge in [0, 0.05) is 0 Å². The van der Waals surface area contributed by atoms with Crippen molar-refractivity contribution in [1.82, 2.24) is 0 Å². The van der Waals surface area contributed by atoms with E-state index in [-0.39, 0.29) is 6.10 Å². The minimum atomic E-state index is -0.0773. The molecule has 0 aromatic carbocycles. The third kappa shape index (κ3) is 2.08. The van der Waals surface area contributed by atoms with E-state index in [4.69, 9.17) is 0 Å². The lowest BCUT2D eigenvalue weighted by atomic mass is 9.50. The van der Waals surface area contributed by atoms with E-state index in [2.05, 4.69) is 26.5 Å². The first-order valence-corrected chi connectivity index (χ1v) is 9.53. The summed E-state index contributed by atoms with van der Waals surface area (Å²) in [7, 11) is 0. The summed E-state index contributed by atoms with van der Waals surface area (Å²) in [6, 6.07) is 0. The molecule has 7 atom stereocenters. The third-order valence-electron chi connectivity index (χ3n) is 8.03. The summed E-state index contributed by atoms with van der Waals surface area (Å²) in [6.07, 6.45) is 12.6. The first-order chi connectivity index (χ1) is 10.5. The van der Waals surface area contributed by atoms with Crippen LogP contribution in [0.2, 0.25) is 0 Å². The summed E-state index contributed by atoms with van der Waals surface area (Å²) in [5.41, 5.74) is 3.43. The van der Waals surface area contributed by atoms with Crippen molar-refractivity contribution in [3.05, 3.63) is 23.8 Å². The Morgan fingerprint density at radius 2 is 1.91 bits per heavy atom. The molecule has 1 heteroatoms. The second-order valence-corrected chi connectivity index (χ2v) is 8.98. The minimum Gasteiger partial charge on any atom is -0.393 e. The summed E-state index contributed by atoms with van der Waals surface area (Å²) < 4.78 is 0. The first kappa shape index (κ1) is 15.0. The Balaban J connectivity index is 1.62. The number of fused-ring (bicyclic) bond motifs is 5. The highest BCUT2D eigenvalue weighted by Gasteiger charge is 2.53. The van der Waals surface area contributed by atoms with Gasteiger partial charge in [0.2, 0.25) is 0 Å². The fraction of sp³-hybridized carbons (Fsp3) is 0.810. The van der Waals surface area contributed by atoms with E-state index in [1.807, 2.05) is 0 Å². The van der Waals surface area contributed by atoms with E-state index in [1.165, 1.54) is 44.1 Å². The minimum absolute atomic E-state index is 0.0773. The van der Waals surface area contributed by atoms with Gasteiger partial charge in [-0.15, -0.1) is 0 Å². The van der Waals surface area contributed by atoms with Gasteiger partial charge in [-0.05, 0) is 93.3 Å². The number of rotatable bonds is 1. The second kappa shape index (κ2) is 5.23. The fourth-order valence-corrected chi connectivity index (χ4v) is 6.91. The number of allylic oxidation sites excluding steroid dienone is 2. The lowest BCUT2D eigenvalue weighted by Gasteiger charge is -2.55. The molecule has 0 amide bonds. The van der Waals surface area contributed by atoms with Crippen LogP contribution in [0.3, 0.4) is 0 Å². The van der Waals surface area contributed by atoms with Crippen LogP contribution in [-0.4, -0.2) is 11.2 Å². The van der Waals surface area contributed by atoms with Gasteiger partial charge in [-0.2, -0.15) is 0 Å². The number of aliphatic hydroxyl groups excluding tert-OH is 1. The molecule has 4 aliphatic rings. The Morgan fingerprint density at radius 1 is 1.14 bits per heavy atom. The van der Waals surface area contributed by atoms with Crippen molar-refractivity contribution in [2.75, 3.05) is 0 Å². The monoisotopic (exact) mass is 300 g/mol.